The second kappa shape index (κ2) is 7.51. The van der Waals surface area contributed by atoms with Crippen LogP contribution in [-0.2, 0) is 5.60 Å². The number of halogens is 1. The number of carbonyl (C=O) groups excluding carboxylic acids is 1. The molecule has 0 bridgehead atoms. The van der Waals surface area contributed by atoms with E-state index in [1.165, 1.54) is 0 Å². The van der Waals surface area contributed by atoms with Crippen molar-refractivity contribution >= 4 is 23.3 Å². The number of aliphatic hydroxyl groups is 1. The van der Waals surface area contributed by atoms with Crippen molar-refractivity contribution in [2.75, 3.05) is 19.0 Å². The first-order chi connectivity index (χ1) is 12.4. The Kier molecular flexibility index (Phi) is 5.34. The van der Waals surface area contributed by atoms with Crippen molar-refractivity contribution in [3.8, 4) is 5.75 Å². The van der Waals surface area contributed by atoms with Gasteiger partial charge in [-0.1, -0.05) is 23.7 Å². The van der Waals surface area contributed by atoms with E-state index in [-0.39, 0.29) is 17.2 Å². The Morgan fingerprint density at radius 1 is 1.38 bits per heavy atom. The summed E-state index contributed by atoms with van der Waals surface area (Å²) in [6.07, 6.45) is 3.10. The van der Waals surface area contributed by atoms with Crippen LogP contribution in [0.1, 0.15) is 25.3 Å². The summed E-state index contributed by atoms with van der Waals surface area (Å²) < 4.78 is 5.17. The van der Waals surface area contributed by atoms with Crippen molar-refractivity contribution in [3.63, 3.8) is 0 Å². The summed E-state index contributed by atoms with van der Waals surface area (Å²) in [7, 11) is 1.60. The van der Waals surface area contributed by atoms with Crippen LogP contribution in [0.4, 0.5) is 10.5 Å². The van der Waals surface area contributed by atoms with Gasteiger partial charge in [0.25, 0.3) is 0 Å². The van der Waals surface area contributed by atoms with Crippen LogP contribution in [0.3, 0.4) is 0 Å². The van der Waals surface area contributed by atoms with Gasteiger partial charge in [0.1, 0.15) is 11.4 Å². The summed E-state index contributed by atoms with van der Waals surface area (Å²) in [5.74, 6) is 0.719. The average molecular weight is 376 g/mol. The normalized spacial score (nSPS) is 19.1. The van der Waals surface area contributed by atoms with Crippen LogP contribution >= 0.6 is 11.6 Å². The minimum Gasteiger partial charge on any atom is -0.497 e. The number of nitrogens with zero attached hydrogens (tertiary/aromatic N) is 2. The molecule has 1 aromatic carbocycles. The van der Waals surface area contributed by atoms with E-state index in [1.807, 2.05) is 12.1 Å². The lowest BCUT2D eigenvalue weighted by atomic mass is 9.86. The number of hydrogen-bond acceptors (Lipinski definition) is 4. The van der Waals surface area contributed by atoms with Crippen LogP contribution < -0.4 is 10.1 Å². The number of likely N-dealkylation sites (tertiary alicyclic amines) is 1. The van der Waals surface area contributed by atoms with Crippen molar-refractivity contribution in [1.29, 1.82) is 0 Å². The van der Waals surface area contributed by atoms with Gasteiger partial charge in [0.2, 0.25) is 0 Å². The Balaban J connectivity index is 1.79. The molecule has 1 saturated heterocycles. The summed E-state index contributed by atoms with van der Waals surface area (Å²) >= 11 is 6.02. The first kappa shape index (κ1) is 18.5. The lowest BCUT2D eigenvalue weighted by molar-refractivity contribution is -0.00944. The maximum Gasteiger partial charge on any atom is 0.322 e. The molecule has 2 heterocycles. The zero-order valence-electron chi connectivity index (χ0n) is 14.8. The number of anilines is 1. The third-order valence-electron chi connectivity index (χ3n) is 4.84. The number of hydrogen-bond donors (Lipinski definition) is 2. The molecule has 0 saturated carbocycles. The highest BCUT2D eigenvalue weighted by molar-refractivity contribution is 6.32. The molecule has 0 radical (unpaired) electrons. The highest BCUT2D eigenvalue weighted by Gasteiger charge is 2.42. The Labute approximate surface area is 157 Å². The molecule has 1 fully saturated rings. The molecule has 0 spiro atoms. The summed E-state index contributed by atoms with van der Waals surface area (Å²) in [6.45, 7) is 2.31. The van der Waals surface area contributed by atoms with Gasteiger partial charge in [-0.3, -0.25) is 0 Å². The SMILES string of the molecule is COc1ccc([C@](C)(O)[C@@H]2CCCN2C(=O)Nc2cccnc2Cl)cc1. The fourth-order valence-corrected chi connectivity index (χ4v) is 3.55. The van der Waals surface area contributed by atoms with E-state index in [4.69, 9.17) is 16.3 Å². The van der Waals surface area contributed by atoms with Crippen LogP contribution in [0.5, 0.6) is 5.75 Å². The Hall–Kier alpha value is -2.31. The van der Waals surface area contributed by atoms with Crippen LogP contribution in [-0.4, -0.2) is 40.7 Å². The number of amides is 2. The Morgan fingerprint density at radius 3 is 2.77 bits per heavy atom. The number of ether oxygens (including phenoxy) is 1. The van der Waals surface area contributed by atoms with Gasteiger partial charge in [-0.25, -0.2) is 9.78 Å². The smallest absolute Gasteiger partial charge is 0.322 e. The topological polar surface area (TPSA) is 74.7 Å². The average Bonchev–Trinajstić information content (AvgIpc) is 3.14. The summed E-state index contributed by atoms with van der Waals surface area (Å²) in [6, 6.07) is 10.0. The molecule has 6 nitrogen and oxygen atoms in total. The van der Waals surface area contributed by atoms with Crippen molar-refractivity contribution in [2.24, 2.45) is 0 Å². The maximum absolute atomic E-state index is 12.8. The second-order valence-corrected chi connectivity index (χ2v) is 6.86. The highest BCUT2D eigenvalue weighted by Crippen LogP contribution is 2.35. The predicted octanol–water partition coefficient (Wildman–Crippen LogP) is 3.65. The van der Waals surface area contributed by atoms with E-state index < -0.39 is 5.60 Å². The molecule has 3 rings (SSSR count). The predicted molar refractivity (Wildman–Crippen MR) is 101 cm³/mol. The van der Waals surface area contributed by atoms with Gasteiger partial charge in [0.05, 0.1) is 18.8 Å². The number of nitrogens with one attached hydrogen (secondary N) is 1. The summed E-state index contributed by atoms with van der Waals surface area (Å²) in [5.41, 5.74) is 0.00933. The number of rotatable bonds is 4. The molecule has 138 valence electrons. The third kappa shape index (κ3) is 3.61. The fraction of sp³-hybridized carbons (Fsp3) is 0.368. The van der Waals surface area contributed by atoms with E-state index in [0.717, 1.165) is 17.7 Å². The van der Waals surface area contributed by atoms with Gasteiger partial charge < -0.3 is 20.1 Å². The van der Waals surface area contributed by atoms with Crippen LogP contribution in [0, 0.1) is 0 Å². The quantitative estimate of drug-likeness (QED) is 0.800. The number of aromatic nitrogens is 1. The van der Waals surface area contributed by atoms with Crippen molar-refractivity contribution in [3.05, 3.63) is 53.3 Å². The minimum absolute atomic E-state index is 0.235. The zero-order chi connectivity index (χ0) is 18.7. The van der Waals surface area contributed by atoms with Crippen molar-refractivity contribution in [2.45, 2.75) is 31.4 Å². The standard InChI is InChI=1S/C19H22ClN3O3/c1-19(25,13-7-9-14(26-2)10-8-13)16-6-4-12-23(16)18(24)22-15-5-3-11-21-17(15)20/h3,5,7-11,16,25H,4,6,12H2,1-2H3,(H,22,24)/t16-,19-/m0/s1. The number of urea groups is 1. The molecule has 2 amide bonds. The van der Waals surface area contributed by atoms with E-state index in [0.29, 0.717) is 18.7 Å². The van der Waals surface area contributed by atoms with E-state index >= 15 is 0 Å². The maximum atomic E-state index is 12.8. The van der Waals surface area contributed by atoms with Crippen molar-refractivity contribution in [1.82, 2.24) is 9.88 Å². The molecule has 0 aliphatic carbocycles. The number of carbonyl (C=O) groups is 1. The Bertz CT molecular complexity index is 780. The summed E-state index contributed by atoms with van der Waals surface area (Å²) in [4.78, 5) is 18.4. The van der Waals surface area contributed by atoms with Crippen molar-refractivity contribution < 1.29 is 14.6 Å². The molecule has 1 aromatic heterocycles. The number of pyridine rings is 1. The molecule has 2 N–H and O–H groups in total. The largest absolute Gasteiger partial charge is 0.497 e. The lowest BCUT2D eigenvalue weighted by Crippen LogP contribution is -2.49. The minimum atomic E-state index is -1.18. The van der Waals surface area contributed by atoms with E-state index in [9.17, 15) is 9.90 Å². The third-order valence-corrected chi connectivity index (χ3v) is 5.14. The van der Waals surface area contributed by atoms with Crippen LogP contribution in [0.15, 0.2) is 42.6 Å². The monoisotopic (exact) mass is 375 g/mol. The molecular formula is C19H22ClN3O3. The Morgan fingerprint density at radius 2 is 2.12 bits per heavy atom. The van der Waals surface area contributed by atoms with Gasteiger partial charge in [-0.15, -0.1) is 0 Å². The molecule has 26 heavy (non-hydrogen) atoms. The fourth-order valence-electron chi connectivity index (χ4n) is 3.38. The first-order valence-electron chi connectivity index (χ1n) is 8.48. The van der Waals surface area contributed by atoms with Crippen LogP contribution in [0.2, 0.25) is 5.15 Å². The molecule has 0 unspecified atom stereocenters. The van der Waals surface area contributed by atoms with E-state index in [2.05, 4.69) is 10.3 Å². The lowest BCUT2D eigenvalue weighted by Gasteiger charge is -2.37. The van der Waals surface area contributed by atoms with Gasteiger partial charge in [-0.05, 0) is 49.6 Å². The second-order valence-electron chi connectivity index (χ2n) is 6.50. The molecular weight excluding hydrogens is 354 g/mol. The van der Waals surface area contributed by atoms with Gasteiger partial charge in [0.15, 0.2) is 5.15 Å². The summed E-state index contributed by atoms with van der Waals surface area (Å²) in [5, 5.41) is 14.2. The first-order valence-corrected chi connectivity index (χ1v) is 8.86. The zero-order valence-corrected chi connectivity index (χ0v) is 15.5. The van der Waals surface area contributed by atoms with E-state index in [1.54, 1.807) is 49.4 Å². The molecule has 7 heteroatoms. The van der Waals surface area contributed by atoms with Gasteiger partial charge >= 0.3 is 6.03 Å². The number of methoxy groups -OCH3 is 1. The highest BCUT2D eigenvalue weighted by atomic mass is 35.5. The molecule has 1 aliphatic heterocycles. The molecule has 2 atom stereocenters. The molecule has 1 aliphatic rings. The van der Waals surface area contributed by atoms with Crippen LogP contribution in [0.25, 0.3) is 0 Å². The van der Waals surface area contributed by atoms with Gasteiger partial charge in [0, 0.05) is 12.7 Å². The molecule has 2 aromatic rings. The number of benzene rings is 1. The van der Waals surface area contributed by atoms with Gasteiger partial charge in [-0.2, -0.15) is 0 Å².